The van der Waals surface area contributed by atoms with Gasteiger partial charge in [0.05, 0.1) is 12.3 Å². The SMILES string of the molecule is CCOc1ccccc1NC(=O)C(=O)Nc1ccccc1. The maximum Gasteiger partial charge on any atom is 0.314 e. The van der Waals surface area contributed by atoms with Gasteiger partial charge in [-0.2, -0.15) is 0 Å². The van der Waals surface area contributed by atoms with Gasteiger partial charge in [0, 0.05) is 5.69 Å². The van der Waals surface area contributed by atoms with E-state index in [0.29, 0.717) is 23.7 Å². The van der Waals surface area contributed by atoms with Crippen molar-refractivity contribution in [3.63, 3.8) is 0 Å². The lowest BCUT2D eigenvalue weighted by molar-refractivity contribution is -0.133. The third-order valence-electron chi connectivity index (χ3n) is 2.67. The van der Waals surface area contributed by atoms with Crippen molar-refractivity contribution in [2.45, 2.75) is 6.92 Å². The molecular formula is C16H16N2O3. The van der Waals surface area contributed by atoms with E-state index >= 15 is 0 Å². The van der Waals surface area contributed by atoms with Gasteiger partial charge in [-0.15, -0.1) is 0 Å². The molecule has 0 aliphatic rings. The van der Waals surface area contributed by atoms with Gasteiger partial charge >= 0.3 is 11.8 Å². The number of anilines is 2. The van der Waals surface area contributed by atoms with Gasteiger partial charge in [0.2, 0.25) is 0 Å². The second-order valence-electron chi connectivity index (χ2n) is 4.20. The van der Waals surface area contributed by atoms with Crippen LogP contribution in [0.3, 0.4) is 0 Å². The van der Waals surface area contributed by atoms with E-state index in [1.54, 1.807) is 48.5 Å². The summed E-state index contributed by atoms with van der Waals surface area (Å²) < 4.78 is 5.39. The molecule has 108 valence electrons. The molecule has 0 saturated heterocycles. The number of nitrogens with one attached hydrogen (secondary N) is 2. The predicted octanol–water partition coefficient (Wildman–Crippen LogP) is 2.66. The Labute approximate surface area is 122 Å². The van der Waals surface area contributed by atoms with Crippen molar-refractivity contribution in [2.24, 2.45) is 0 Å². The van der Waals surface area contributed by atoms with Crippen LogP contribution in [-0.4, -0.2) is 18.4 Å². The van der Waals surface area contributed by atoms with Crippen LogP contribution >= 0.6 is 0 Å². The molecular weight excluding hydrogens is 268 g/mol. The third kappa shape index (κ3) is 4.07. The minimum atomic E-state index is -0.744. The molecule has 0 aromatic heterocycles. The Balaban J connectivity index is 2.03. The number of hydrogen-bond acceptors (Lipinski definition) is 3. The van der Waals surface area contributed by atoms with Gasteiger partial charge in [0.25, 0.3) is 0 Å². The smallest absolute Gasteiger partial charge is 0.314 e. The highest BCUT2D eigenvalue weighted by atomic mass is 16.5. The Morgan fingerprint density at radius 3 is 2.24 bits per heavy atom. The highest BCUT2D eigenvalue weighted by Gasteiger charge is 2.15. The molecule has 0 aliphatic heterocycles. The zero-order valence-corrected chi connectivity index (χ0v) is 11.6. The van der Waals surface area contributed by atoms with Crippen LogP contribution in [0.5, 0.6) is 5.75 Å². The molecule has 2 aromatic carbocycles. The molecule has 0 fully saturated rings. The number of ether oxygens (including phenoxy) is 1. The average molecular weight is 284 g/mol. The summed E-state index contributed by atoms with van der Waals surface area (Å²) in [6.07, 6.45) is 0. The van der Waals surface area contributed by atoms with Crippen molar-refractivity contribution in [3.8, 4) is 5.75 Å². The maximum atomic E-state index is 11.9. The highest BCUT2D eigenvalue weighted by Crippen LogP contribution is 2.23. The average Bonchev–Trinajstić information content (AvgIpc) is 2.50. The van der Waals surface area contributed by atoms with Crippen LogP contribution in [-0.2, 0) is 9.59 Å². The summed E-state index contributed by atoms with van der Waals surface area (Å²) in [5, 5.41) is 5.06. The maximum absolute atomic E-state index is 11.9. The van der Waals surface area contributed by atoms with Crippen LogP contribution in [0.2, 0.25) is 0 Å². The van der Waals surface area contributed by atoms with Crippen molar-refractivity contribution in [1.82, 2.24) is 0 Å². The lowest BCUT2D eigenvalue weighted by Crippen LogP contribution is -2.29. The first-order chi connectivity index (χ1) is 10.2. The minimum absolute atomic E-state index is 0.465. The van der Waals surface area contributed by atoms with E-state index in [4.69, 9.17) is 4.74 Å². The van der Waals surface area contributed by atoms with Crippen LogP contribution in [0.15, 0.2) is 54.6 Å². The summed E-state index contributed by atoms with van der Waals surface area (Å²) in [5.41, 5.74) is 1.03. The van der Waals surface area contributed by atoms with E-state index < -0.39 is 11.8 Å². The Hall–Kier alpha value is -2.82. The second kappa shape index (κ2) is 7.09. The summed E-state index contributed by atoms with van der Waals surface area (Å²) >= 11 is 0. The lowest BCUT2D eigenvalue weighted by Gasteiger charge is -2.11. The molecule has 2 rings (SSSR count). The fourth-order valence-electron chi connectivity index (χ4n) is 1.74. The molecule has 2 aromatic rings. The van der Waals surface area contributed by atoms with Gasteiger partial charge in [0.15, 0.2) is 0 Å². The third-order valence-corrected chi connectivity index (χ3v) is 2.67. The van der Waals surface area contributed by atoms with E-state index in [1.807, 2.05) is 13.0 Å². The fourth-order valence-corrected chi connectivity index (χ4v) is 1.74. The van der Waals surface area contributed by atoms with Gasteiger partial charge in [-0.25, -0.2) is 0 Å². The van der Waals surface area contributed by atoms with Crippen LogP contribution in [0.4, 0.5) is 11.4 Å². The first-order valence-electron chi connectivity index (χ1n) is 6.60. The normalized spacial score (nSPS) is 9.76. The molecule has 0 aliphatic carbocycles. The summed E-state index contributed by atoms with van der Waals surface area (Å²) in [6, 6.07) is 15.8. The molecule has 0 bridgehead atoms. The van der Waals surface area contributed by atoms with Gasteiger partial charge < -0.3 is 15.4 Å². The predicted molar refractivity (Wildman–Crippen MR) is 81.3 cm³/mol. The Bertz CT molecular complexity index is 626. The number of hydrogen-bond donors (Lipinski definition) is 2. The van der Waals surface area contributed by atoms with E-state index in [0.717, 1.165) is 0 Å². The van der Waals surface area contributed by atoms with Gasteiger partial charge in [-0.3, -0.25) is 9.59 Å². The molecule has 0 heterocycles. The standard InChI is InChI=1S/C16H16N2O3/c1-2-21-14-11-7-6-10-13(14)18-16(20)15(19)17-12-8-4-3-5-9-12/h3-11H,2H2,1H3,(H,17,19)(H,18,20). The van der Waals surface area contributed by atoms with Crippen LogP contribution in [0.1, 0.15) is 6.92 Å². The Morgan fingerprint density at radius 2 is 1.52 bits per heavy atom. The quantitative estimate of drug-likeness (QED) is 0.848. The number of amides is 2. The molecule has 0 atom stereocenters. The van der Waals surface area contributed by atoms with Crippen molar-refractivity contribution in [3.05, 3.63) is 54.6 Å². The first-order valence-corrected chi connectivity index (χ1v) is 6.60. The summed E-state index contributed by atoms with van der Waals surface area (Å²) in [7, 11) is 0. The number of para-hydroxylation sites is 3. The van der Waals surface area contributed by atoms with Gasteiger partial charge in [-0.1, -0.05) is 30.3 Å². The van der Waals surface area contributed by atoms with Gasteiger partial charge in [-0.05, 0) is 31.2 Å². The Morgan fingerprint density at radius 1 is 0.905 bits per heavy atom. The molecule has 21 heavy (non-hydrogen) atoms. The number of rotatable bonds is 4. The number of carbonyl (C=O) groups is 2. The lowest BCUT2D eigenvalue weighted by atomic mass is 10.3. The number of benzene rings is 2. The zero-order chi connectivity index (χ0) is 15.1. The van der Waals surface area contributed by atoms with E-state index in [1.165, 1.54) is 0 Å². The van der Waals surface area contributed by atoms with Crippen molar-refractivity contribution >= 4 is 23.2 Å². The molecule has 0 spiro atoms. The van der Waals surface area contributed by atoms with Crippen LogP contribution in [0, 0.1) is 0 Å². The molecule has 2 N–H and O–H groups in total. The van der Waals surface area contributed by atoms with Crippen molar-refractivity contribution in [1.29, 1.82) is 0 Å². The van der Waals surface area contributed by atoms with E-state index in [9.17, 15) is 9.59 Å². The molecule has 2 amide bonds. The zero-order valence-electron chi connectivity index (χ0n) is 11.6. The van der Waals surface area contributed by atoms with E-state index in [2.05, 4.69) is 10.6 Å². The Kier molecular flexibility index (Phi) is 4.93. The largest absolute Gasteiger partial charge is 0.492 e. The van der Waals surface area contributed by atoms with Crippen LogP contribution in [0.25, 0.3) is 0 Å². The van der Waals surface area contributed by atoms with Gasteiger partial charge in [0.1, 0.15) is 5.75 Å². The minimum Gasteiger partial charge on any atom is -0.492 e. The summed E-state index contributed by atoms with van der Waals surface area (Å²) in [4.78, 5) is 23.7. The van der Waals surface area contributed by atoms with Crippen molar-refractivity contribution in [2.75, 3.05) is 17.2 Å². The van der Waals surface area contributed by atoms with Crippen LogP contribution < -0.4 is 15.4 Å². The molecule has 0 unspecified atom stereocenters. The summed E-state index contributed by atoms with van der Waals surface area (Å²) in [6.45, 7) is 2.32. The second-order valence-corrected chi connectivity index (χ2v) is 4.20. The molecule has 5 heteroatoms. The monoisotopic (exact) mass is 284 g/mol. The highest BCUT2D eigenvalue weighted by molar-refractivity contribution is 6.43. The fraction of sp³-hybridized carbons (Fsp3) is 0.125. The number of carbonyl (C=O) groups excluding carboxylic acids is 2. The topological polar surface area (TPSA) is 67.4 Å². The first kappa shape index (κ1) is 14.6. The molecule has 0 radical (unpaired) electrons. The summed E-state index contributed by atoms with van der Waals surface area (Å²) in [5.74, 6) is -0.945. The molecule has 5 nitrogen and oxygen atoms in total. The molecule has 0 saturated carbocycles. The van der Waals surface area contributed by atoms with Crippen molar-refractivity contribution < 1.29 is 14.3 Å². The van der Waals surface area contributed by atoms with E-state index in [-0.39, 0.29) is 0 Å².